The number of ketones is 1. The number of aromatic nitrogens is 1. The molecule has 2 saturated carbocycles. The summed E-state index contributed by atoms with van der Waals surface area (Å²) in [6.07, 6.45) is -0.0903. The summed E-state index contributed by atoms with van der Waals surface area (Å²) in [4.78, 5) is 60.4. The number of anilines is 1. The molecular weight excluding hydrogens is 759 g/mol. The van der Waals surface area contributed by atoms with E-state index in [1.165, 1.54) is 4.90 Å². The SMILES string of the molecule is O=C(OC(CCCl)C(=O)c1ccc(Cl)cc1)c1cc(-c2ccc(N3C(=O)C4C5CC(C(Br)C5Br)C4C3=O)cc2)nc2ccccc12. The Labute approximate surface area is 291 Å². The van der Waals surface area contributed by atoms with Crippen molar-refractivity contribution in [2.75, 3.05) is 10.8 Å². The predicted octanol–water partition coefficient (Wildman–Crippen LogP) is 7.87. The zero-order valence-electron chi connectivity index (χ0n) is 24.1. The highest BCUT2D eigenvalue weighted by atomic mass is 79.9. The maximum atomic E-state index is 13.7. The van der Waals surface area contributed by atoms with Crippen molar-refractivity contribution in [1.82, 2.24) is 4.98 Å². The lowest BCUT2D eigenvalue weighted by atomic mass is 9.81. The van der Waals surface area contributed by atoms with Crippen molar-refractivity contribution in [1.29, 1.82) is 0 Å². The zero-order chi connectivity index (χ0) is 32.3. The molecule has 1 aromatic heterocycles. The first-order chi connectivity index (χ1) is 22.2. The Morgan fingerprint density at radius 1 is 0.913 bits per heavy atom. The number of ether oxygens (including phenoxy) is 1. The summed E-state index contributed by atoms with van der Waals surface area (Å²) in [6.45, 7) is 0. The van der Waals surface area contributed by atoms with E-state index in [1.54, 1.807) is 72.8 Å². The summed E-state index contributed by atoms with van der Waals surface area (Å²) in [5.74, 6) is -1.58. The molecule has 7 atom stereocenters. The lowest BCUT2D eigenvalue weighted by molar-refractivity contribution is -0.123. The molecule has 2 bridgehead atoms. The van der Waals surface area contributed by atoms with Crippen LogP contribution in [0.25, 0.3) is 22.2 Å². The molecule has 4 aromatic rings. The fourth-order valence-corrected chi connectivity index (χ4v) is 9.41. The van der Waals surface area contributed by atoms with E-state index < -0.39 is 12.1 Å². The van der Waals surface area contributed by atoms with E-state index in [4.69, 9.17) is 32.9 Å². The first-order valence-electron chi connectivity index (χ1n) is 14.9. The maximum Gasteiger partial charge on any atom is 0.339 e. The molecular formula is C35H26Br2Cl2N2O5. The second-order valence-electron chi connectivity index (χ2n) is 11.9. The van der Waals surface area contributed by atoms with Gasteiger partial charge in [-0.25, -0.2) is 9.78 Å². The molecule has 7 rings (SSSR count). The quantitative estimate of drug-likeness (QED) is 0.0782. The largest absolute Gasteiger partial charge is 0.450 e. The van der Waals surface area contributed by atoms with Crippen LogP contribution in [0.4, 0.5) is 5.69 Å². The Bertz CT molecular complexity index is 1850. The number of nitrogens with zero attached hydrogens (tertiary/aromatic N) is 2. The van der Waals surface area contributed by atoms with Gasteiger partial charge in [0.2, 0.25) is 17.6 Å². The molecule has 11 heteroatoms. The van der Waals surface area contributed by atoms with Crippen LogP contribution in [-0.4, -0.2) is 50.2 Å². The molecule has 0 spiro atoms. The molecule has 3 aliphatic rings. The van der Waals surface area contributed by atoms with Crippen molar-refractivity contribution in [3.8, 4) is 11.3 Å². The van der Waals surface area contributed by atoms with Crippen molar-refractivity contribution < 1.29 is 23.9 Å². The molecule has 2 amide bonds. The van der Waals surface area contributed by atoms with Crippen LogP contribution >= 0.6 is 55.1 Å². The number of Topliss-reactive ketones (excluding diaryl/α,β-unsaturated/α-hetero) is 1. The number of rotatable bonds is 8. The van der Waals surface area contributed by atoms with Gasteiger partial charge in [0.25, 0.3) is 0 Å². The van der Waals surface area contributed by atoms with E-state index in [0.717, 1.165) is 6.42 Å². The lowest BCUT2D eigenvalue weighted by Gasteiger charge is -2.28. The number of halogens is 4. The molecule has 1 saturated heterocycles. The molecule has 2 heterocycles. The molecule has 3 fully saturated rings. The monoisotopic (exact) mass is 782 g/mol. The Morgan fingerprint density at radius 3 is 2.17 bits per heavy atom. The number of carbonyl (C=O) groups is 4. The smallest absolute Gasteiger partial charge is 0.339 e. The van der Waals surface area contributed by atoms with E-state index in [9.17, 15) is 19.2 Å². The molecule has 7 unspecified atom stereocenters. The molecule has 1 aliphatic heterocycles. The van der Waals surface area contributed by atoms with Gasteiger partial charge in [-0.2, -0.15) is 0 Å². The van der Waals surface area contributed by atoms with Gasteiger partial charge >= 0.3 is 5.97 Å². The summed E-state index contributed by atoms with van der Waals surface area (Å²) in [6, 6.07) is 22.2. The van der Waals surface area contributed by atoms with Gasteiger partial charge in [-0.15, -0.1) is 11.6 Å². The van der Waals surface area contributed by atoms with Crippen LogP contribution < -0.4 is 4.90 Å². The van der Waals surface area contributed by atoms with Gasteiger partial charge in [0.05, 0.1) is 34.3 Å². The summed E-state index contributed by atoms with van der Waals surface area (Å²) in [5.41, 5.74) is 2.85. The van der Waals surface area contributed by atoms with Crippen molar-refractivity contribution in [2.24, 2.45) is 23.7 Å². The minimum absolute atomic E-state index is 0.115. The highest BCUT2D eigenvalue weighted by molar-refractivity contribution is 9.12. The van der Waals surface area contributed by atoms with Crippen LogP contribution in [0.5, 0.6) is 0 Å². The Kier molecular flexibility index (Phi) is 8.55. The van der Waals surface area contributed by atoms with E-state index in [2.05, 4.69) is 31.9 Å². The number of benzene rings is 3. The Morgan fingerprint density at radius 2 is 1.54 bits per heavy atom. The zero-order valence-corrected chi connectivity index (χ0v) is 28.8. The molecule has 0 radical (unpaired) electrons. The van der Waals surface area contributed by atoms with Crippen LogP contribution in [0.1, 0.15) is 33.6 Å². The number of esters is 1. The number of alkyl halides is 3. The number of hydrogen-bond donors (Lipinski definition) is 0. The average Bonchev–Trinajstić information content (AvgIpc) is 3.68. The number of imide groups is 1. The van der Waals surface area contributed by atoms with E-state index in [-0.39, 0.29) is 68.8 Å². The molecule has 3 aromatic carbocycles. The standard InChI is InChI=1S/C35H26Br2Cl2N2O5/c36-30-23-15-24(31(30)37)29-28(23)33(43)41(34(29)44)20-11-7-17(8-12-20)26-16-22(21-3-1-2-4-25(21)40-26)35(45)46-27(13-14-38)32(42)18-5-9-19(39)10-6-18/h1-12,16,23-24,27-31H,13-15H2. The van der Waals surface area contributed by atoms with Crippen molar-refractivity contribution in [3.05, 3.63) is 95.0 Å². The molecule has 0 N–H and O–H groups in total. The van der Waals surface area contributed by atoms with Gasteiger partial charge in [-0.1, -0.05) is 73.8 Å². The number of pyridine rings is 1. The number of para-hydroxylation sites is 1. The third-order valence-electron chi connectivity index (χ3n) is 9.39. The number of carbonyl (C=O) groups excluding carboxylic acids is 4. The van der Waals surface area contributed by atoms with Crippen LogP contribution in [0.2, 0.25) is 5.02 Å². The fourth-order valence-electron chi connectivity index (χ4n) is 7.21. The highest BCUT2D eigenvalue weighted by Gasteiger charge is 2.66. The highest BCUT2D eigenvalue weighted by Crippen LogP contribution is 2.60. The minimum atomic E-state index is -1.09. The molecule has 7 nitrogen and oxygen atoms in total. The van der Waals surface area contributed by atoms with Crippen molar-refractivity contribution >= 4 is 95.2 Å². The lowest BCUT2D eigenvalue weighted by Crippen LogP contribution is -2.37. The van der Waals surface area contributed by atoms with Crippen LogP contribution in [0.15, 0.2) is 78.9 Å². The summed E-state index contributed by atoms with van der Waals surface area (Å²) in [5, 5.41) is 1.06. The average molecular weight is 785 g/mol. The van der Waals surface area contributed by atoms with Gasteiger partial charge in [-0.3, -0.25) is 19.3 Å². The van der Waals surface area contributed by atoms with Gasteiger partial charge in [0.1, 0.15) is 0 Å². The van der Waals surface area contributed by atoms with E-state index in [1.807, 2.05) is 6.07 Å². The number of amides is 2. The Hall–Kier alpha value is -3.11. The third kappa shape index (κ3) is 5.29. The van der Waals surface area contributed by atoms with Gasteiger partial charge < -0.3 is 4.74 Å². The van der Waals surface area contributed by atoms with Crippen molar-refractivity contribution in [3.63, 3.8) is 0 Å². The first kappa shape index (κ1) is 31.5. The predicted molar refractivity (Wildman–Crippen MR) is 184 cm³/mol. The van der Waals surface area contributed by atoms with Crippen LogP contribution in [0, 0.1) is 23.7 Å². The van der Waals surface area contributed by atoms with Crippen LogP contribution in [-0.2, 0) is 14.3 Å². The number of fused-ring (bicyclic) bond motifs is 6. The van der Waals surface area contributed by atoms with Crippen molar-refractivity contribution in [2.45, 2.75) is 28.6 Å². The Balaban J connectivity index is 1.17. The van der Waals surface area contributed by atoms with E-state index >= 15 is 0 Å². The first-order valence-corrected chi connectivity index (χ1v) is 17.6. The van der Waals surface area contributed by atoms with Gasteiger partial charge in [0, 0.05) is 43.5 Å². The second-order valence-corrected chi connectivity index (χ2v) is 14.8. The fraction of sp³-hybridized carbons (Fsp3) is 0.286. The molecule has 234 valence electrons. The summed E-state index contributed by atoms with van der Waals surface area (Å²) < 4.78 is 5.78. The topological polar surface area (TPSA) is 93.6 Å². The van der Waals surface area contributed by atoms with E-state index in [0.29, 0.717) is 38.4 Å². The second kappa shape index (κ2) is 12.5. The summed E-state index contributed by atoms with van der Waals surface area (Å²) in [7, 11) is 0. The normalized spacial score (nSPS) is 25.6. The minimum Gasteiger partial charge on any atom is -0.450 e. The maximum absolute atomic E-state index is 13.7. The summed E-state index contributed by atoms with van der Waals surface area (Å²) >= 11 is 19.4. The van der Waals surface area contributed by atoms with Gasteiger partial charge in [0.15, 0.2) is 6.10 Å². The van der Waals surface area contributed by atoms with Crippen LogP contribution in [0.3, 0.4) is 0 Å². The molecule has 2 aliphatic carbocycles. The third-order valence-corrected chi connectivity index (χ3v) is 13.1. The molecule has 46 heavy (non-hydrogen) atoms. The number of hydrogen-bond acceptors (Lipinski definition) is 6. The van der Waals surface area contributed by atoms with Gasteiger partial charge in [-0.05, 0) is 66.8 Å².